The molecule has 3 aliphatic rings. The zero-order valence-corrected chi connectivity index (χ0v) is 21.6. The summed E-state index contributed by atoms with van der Waals surface area (Å²) < 4.78 is 6.10. The monoisotopic (exact) mass is 508 g/mol. The minimum Gasteiger partial charge on any atom is -0.372 e. The third-order valence-electron chi connectivity index (χ3n) is 7.76. The van der Waals surface area contributed by atoms with Crippen LogP contribution in [0.25, 0.3) is 21.8 Å². The quantitative estimate of drug-likeness (QED) is 0.532. The van der Waals surface area contributed by atoms with Crippen LogP contribution in [0.5, 0.6) is 0 Å². The fourth-order valence-corrected chi connectivity index (χ4v) is 6.18. The molecule has 8 nitrogen and oxygen atoms in total. The number of aliphatic imine (C=N–C) groups is 1. The minimum absolute atomic E-state index is 0.0879. The average Bonchev–Trinajstić information content (AvgIpc) is 3.44. The highest BCUT2D eigenvalue weighted by Gasteiger charge is 2.38. The van der Waals surface area contributed by atoms with Gasteiger partial charge in [-0.05, 0) is 51.3 Å². The number of aromatic nitrogens is 2. The van der Waals surface area contributed by atoms with Crippen molar-refractivity contribution in [2.45, 2.75) is 57.2 Å². The lowest BCUT2D eigenvalue weighted by Gasteiger charge is -2.43. The number of ether oxygens (including phenoxy) is 1. The van der Waals surface area contributed by atoms with Gasteiger partial charge in [-0.2, -0.15) is 0 Å². The molecule has 190 valence electrons. The molecule has 0 bridgehead atoms. The lowest BCUT2D eigenvalue weighted by Crippen LogP contribution is -2.58. The second-order valence-electron chi connectivity index (χ2n) is 10.8. The molecular formula is C27H33ClN6O2. The van der Waals surface area contributed by atoms with E-state index in [-0.39, 0.29) is 11.5 Å². The highest BCUT2D eigenvalue weighted by atomic mass is 35.5. The van der Waals surface area contributed by atoms with E-state index in [0.29, 0.717) is 29.9 Å². The summed E-state index contributed by atoms with van der Waals surface area (Å²) in [6, 6.07) is 5.85. The highest BCUT2D eigenvalue weighted by Crippen LogP contribution is 2.34. The molecule has 1 amide bonds. The molecule has 2 aromatic heterocycles. The van der Waals surface area contributed by atoms with E-state index in [1.807, 2.05) is 12.1 Å². The van der Waals surface area contributed by atoms with Crippen LogP contribution in [-0.4, -0.2) is 82.0 Å². The van der Waals surface area contributed by atoms with Crippen molar-refractivity contribution in [3.63, 3.8) is 0 Å². The topological polar surface area (TPSA) is 85.9 Å². The first-order valence-electron chi connectivity index (χ1n) is 12.9. The van der Waals surface area contributed by atoms with Gasteiger partial charge >= 0.3 is 0 Å². The second-order valence-corrected chi connectivity index (χ2v) is 11.3. The van der Waals surface area contributed by atoms with Gasteiger partial charge in [-0.25, -0.2) is 0 Å². The zero-order valence-electron chi connectivity index (χ0n) is 20.9. The summed E-state index contributed by atoms with van der Waals surface area (Å²) in [5, 5.41) is 5.71. The first-order valence-corrected chi connectivity index (χ1v) is 13.3. The predicted octanol–water partition coefficient (Wildman–Crippen LogP) is 4.44. The smallest absolute Gasteiger partial charge is 0.244 e. The number of hydrogen-bond acceptors (Lipinski definition) is 6. The van der Waals surface area contributed by atoms with E-state index in [0.717, 1.165) is 47.9 Å². The number of carbonyl (C=O) groups is 1. The van der Waals surface area contributed by atoms with Crippen LogP contribution in [0, 0.1) is 0 Å². The number of anilines is 1. The Balaban J connectivity index is 1.22. The largest absolute Gasteiger partial charge is 0.372 e. The lowest BCUT2D eigenvalue weighted by atomic mass is 10.0. The van der Waals surface area contributed by atoms with E-state index in [2.05, 4.69) is 38.9 Å². The molecule has 2 atom stereocenters. The van der Waals surface area contributed by atoms with Crippen LogP contribution >= 0.6 is 11.6 Å². The number of piperidine rings is 1. The van der Waals surface area contributed by atoms with Crippen molar-refractivity contribution in [2.24, 2.45) is 4.99 Å². The standard InChI is InChI=1S/C27H33ClN6O2/c1-27(2)16-33(10-7-24-30-13-18-5-3-4-9-34(18)24)23(15-36-27)26(35)32-21-12-17(28)11-20-19-6-8-29-14-22(19)31-25(20)21/h6,8,11-12,14,18,23,31H,3-5,7,9-10,13,15-16H2,1-2H3,(H,32,35)/t18?,23-/m0/s1. The maximum absolute atomic E-state index is 13.6. The molecule has 2 fully saturated rings. The summed E-state index contributed by atoms with van der Waals surface area (Å²) in [6.45, 7) is 7.99. The van der Waals surface area contributed by atoms with Crippen molar-refractivity contribution in [1.82, 2.24) is 19.8 Å². The molecule has 2 saturated heterocycles. The van der Waals surface area contributed by atoms with Crippen molar-refractivity contribution >= 4 is 50.8 Å². The Bertz CT molecular complexity index is 1330. The number of morpholine rings is 1. The van der Waals surface area contributed by atoms with Gasteiger partial charge in [0.15, 0.2) is 0 Å². The fourth-order valence-electron chi connectivity index (χ4n) is 5.96. The van der Waals surface area contributed by atoms with Gasteiger partial charge < -0.3 is 19.9 Å². The van der Waals surface area contributed by atoms with Crippen LogP contribution in [0.4, 0.5) is 5.69 Å². The van der Waals surface area contributed by atoms with Crippen LogP contribution in [-0.2, 0) is 9.53 Å². The van der Waals surface area contributed by atoms with Gasteiger partial charge in [0.1, 0.15) is 11.9 Å². The Hall–Kier alpha value is -2.68. The molecule has 6 rings (SSSR count). The van der Waals surface area contributed by atoms with Gasteiger partial charge in [0.2, 0.25) is 5.91 Å². The second kappa shape index (κ2) is 9.32. The Labute approximate surface area is 216 Å². The van der Waals surface area contributed by atoms with Crippen molar-refractivity contribution in [2.75, 3.05) is 38.1 Å². The number of fused-ring (bicyclic) bond motifs is 4. The van der Waals surface area contributed by atoms with E-state index in [9.17, 15) is 4.79 Å². The highest BCUT2D eigenvalue weighted by molar-refractivity contribution is 6.33. The van der Waals surface area contributed by atoms with Gasteiger partial charge in [-0.3, -0.25) is 19.7 Å². The molecule has 36 heavy (non-hydrogen) atoms. The summed E-state index contributed by atoms with van der Waals surface area (Å²) in [5.74, 6) is 1.11. The first kappa shape index (κ1) is 23.7. The summed E-state index contributed by atoms with van der Waals surface area (Å²) in [4.78, 5) is 30.9. The van der Waals surface area contributed by atoms with Gasteiger partial charge in [0.25, 0.3) is 0 Å². The number of rotatable bonds is 5. The van der Waals surface area contributed by atoms with E-state index in [1.165, 1.54) is 25.1 Å². The summed E-state index contributed by atoms with van der Waals surface area (Å²) in [6.07, 6.45) is 8.17. The molecule has 9 heteroatoms. The fraction of sp³-hybridized carbons (Fsp3) is 0.519. The SMILES string of the molecule is CC1(C)CN(CCC2=NCC3CCCCN23)[C@H](C(=O)Nc2cc(Cl)cc3c2[nH]c2cnccc23)CO1. The van der Waals surface area contributed by atoms with Gasteiger partial charge in [-0.1, -0.05) is 11.6 Å². The number of benzene rings is 1. The lowest BCUT2D eigenvalue weighted by molar-refractivity contribution is -0.142. The van der Waals surface area contributed by atoms with Gasteiger partial charge in [0.05, 0.1) is 41.7 Å². The van der Waals surface area contributed by atoms with E-state index in [4.69, 9.17) is 21.3 Å². The first-order chi connectivity index (χ1) is 17.4. The van der Waals surface area contributed by atoms with E-state index < -0.39 is 6.04 Å². The number of pyridine rings is 1. The van der Waals surface area contributed by atoms with Crippen LogP contribution in [0.2, 0.25) is 5.02 Å². The number of amidine groups is 1. The van der Waals surface area contributed by atoms with E-state index in [1.54, 1.807) is 18.5 Å². The predicted molar refractivity (Wildman–Crippen MR) is 144 cm³/mol. The minimum atomic E-state index is -0.391. The number of hydrogen-bond donors (Lipinski definition) is 2. The molecular weight excluding hydrogens is 476 g/mol. The molecule has 1 unspecified atom stereocenters. The van der Waals surface area contributed by atoms with Gasteiger partial charge in [-0.15, -0.1) is 0 Å². The molecule has 0 spiro atoms. The summed E-state index contributed by atoms with van der Waals surface area (Å²) in [7, 11) is 0. The number of halogens is 1. The summed E-state index contributed by atoms with van der Waals surface area (Å²) >= 11 is 6.46. The number of nitrogens with one attached hydrogen (secondary N) is 2. The average molecular weight is 509 g/mol. The molecule has 0 aliphatic carbocycles. The number of nitrogens with zero attached hydrogens (tertiary/aromatic N) is 4. The molecule has 0 saturated carbocycles. The third-order valence-corrected chi connectivity index (χ3v) is 7.98. The Morgan fingerprint density at radius 3 is 3.08 bits per heavy atom. The Morgan fingerprint density at radius 1 is 1.31 bits per heavy atom. The molecule has 2 N–H and O–H groups in total. The maximum atomic E-state index is 13.6. The molecule has 0 radical (unpaired) electrons. The van der Waals surface area contributed by atoms with Crippen LogP contribution in [0.15, 0.2) is 35.6 Å². The molecule has 3 aliphatic heterocycles. The number of H-pyrrole nitrogens is 1. The molecule has 1 aromatic carbocycles. The van der Waals surface area contributed by atoms with Crippen molar-refractivity contribution in [3.05, 3.63) is 35.6 Å². The Morgan fingerprint density at radius 2 is 2.19 bits per heavy atom. The third kappa shape index (κ3) is 4.46. The summed E-state index contributed by atoms with van der Waals surface area (Å²) in [5.41, 5.74) is 2.11. The normalized spacial score (nSPS) is 24.2. The van der Waals surface area contributed by atoms with Crippen molar-refractivity contribution in [3.8, 4) is 0 Å². The van der Waals surface area contributed by atoms with Crippen molar-refractivity contribution in [1.29, 1.82) is 0 Å². The van der Waals surface area contributed by atoms with Crippen LogP contribution in [0.1, 0.15) is 39.5 Å². The van der Waals surface area contributed by atoms with Crippen LogP contribution in [0.3, 0.4) is 0 Å². The number of amides is 1. The zero-order chi connectivity index (χ0) is 24.9. The van der Waals surface area contributed by atoms with E-state index >= 15 is 0 Å². The van der Waals surface area contributed by atoms with Crippen molar-refractivity contribution < 1.29 is 9.53 Å². The Kier molecular flexibility index (Phi) is 6.14. The molecule has 3 aromatic rings. The van der Waals surface area contributed by atoms with Gasteiger partial charge in [0, 0.05) is 54.1 Å². The molecule has 5 heterocycles. The van der Waals surface area contributed by atoms with Crippen LogP contribution < -0.4 is 5.32 Å². The number of aromatic amines is 1. The number of carbonyl (C=O) groups excluding carboxylic acids is 1. The maximum Gasteiger partial charge on any atom is 0.244 e.